The maximum absolute atomic E-state index is 5.54. The van der Waals surface area contributed by atoms with E-state index in [1.54, 1.807) is 0 Å². The predicted octanol–water partition coefficient (Wildman–Crippen LogP) is 4.44. The molecule has 0 N–H and O–H groups in total. The Morgan fingerprint density at radius 2 is 2.11 bits per heavy atom. The van der Waals surface area contributed by atoms with Gasteiger partial charge in [-0.15, -0.1) is 0 Å². The smallest absolute Gasteiger partial charge is 0.169 e. The Morgan fingerprint density at radius 3 is 2.84 bits per heavy atom. The first-order valence-electron chi connectivity index (χ1n) is 6.22. The second-order valence-electron chi connectivity index (χ2n) is 4.30. The van der Waals surface area contributed by atoms with Gasteiger partial charge in [-0.2, -0.15) is 0 Å². The molecule has 0 bridgehead atoms. The summed E-state index contributed by atoms with van der Waals surface area (Å²) < 4.78 is 14.0. The normalized spacial score (nSPS) is 11.1. The molecule has 98 valence electrons. The minimum Gasteiger partial charge on any atom is -0.494 e. The molecule has 1 aromatic carbocycles. The van der Waals surface area contributed by atoms with E-state index < -0.39 is 0 Å². The van der Waals surface area contributed by atoms with Crippen molar-refractivity contribution in [3.05, 3.63) is 53.0 Å². The first kappa shape index (κ1) is 12.4. The van der Waals surface area contributed by atoms with Crippen LogP contribution >= 0.6 is 15.9 Å². The SMILES string of the molecule is CCOc1ccc2c(ccn2Cc2ccc(Br)o2)c1. The summed E-state index contributed by atoms with van der Waals surface area (Å²) in [7, 11) is 0. The Balaban J connectivity index is 1.92. The van der Waals surface area contributed by atoms with E-state index in [0.29, 0.717) is 6.61 Å². The van der Waals surface area contributed by atoms with E-state index >= 15 is 0 Å². The summed E-state index contributed by atoms with van der Waals surface area (Å²) >= 11 is 3.32. The van der Waals surface area contributed by atoms with Crippen molar-refractivity contribution in [2.75, 3.05) is 6.61 Å². The second kappa shape index (κ2) is 5.13. The first-order valence-corrected chi connectivity index (χ1v) is 7.01. The first-order chi connectivity index (χ1) is 9.26. The van der Waals surface area contributed by atoms with E-state index in [-0.39, 0.29) is 0 Å². The van der Waals surface area contributed by atoms with Gasteiger partial charge in [0.25, 0.3) is 0 Å². The number of fused-ring (bicyclic) bond motifs is 1. The molecule has 19 heavy (non-hydrogen) atoms. The van der Waals surface area contributed by atoms with Gasteiger partial charge in [-0.25, -0.2) is 0 Å². The van der Waals surface area contributed by atoms with E-state index in [4.69, 9.17) is 9.15 Å². The van der Waals surface area contributed by atoms with Gasteiger partial charge in [-0.1, -0.05) is 0 Å². The third kappa shape index (κ3) is 2.54. The Hall–Kier alpha value is -1.68. The van der Waals surface area contributed by atoms with Crippen LogP contribution in [0.2, 0.25) is 0 Å². The zero-order chi connectivity index (χ0) is 13.2. The molecule has 0 spiro atoms. The number of furan rings is 1. The molecule has 0 saturated carbocycles. The average molecular weight is 320 g/mol. The monoisotopic (exact) mass is 319 g/mol. The van der Waals surface area contributed by atoms with E-state index in [2.05, 4.69) is 44.9 Å². The van der Waals surface area contributed by atoms with Crippen LogP contribution in [0.1, 0.15) is 12.7 Å². The molecule has 0 aliphatic heterocycles. The molecule has 4 heteroatoms. The van der Waals surface area contributed by atoms with E-state index in [1.807, 2.05) is 25.1 Å². The number of ether oxygens (including phenoxy) is 1. The van der Waals surface area contributed by atoms with Gasteiger partial charge in [0.2, 0.25) is 0 Å². The van der Waals surface area contributed by atoms with Crippen molar-refractivity contribution in [1.29, 1.82) is 0 Å². The van der Waals surface area contributed by atoms with Crippen LogP contribution in [-0.2, 0) is 6.54 Å². The number of hydrogen-bond acceptors (Lipinski definition) is 2. The fourth-order valence-corrected chi connectivity index (χ4v) is 2.52. The fraction of sp³-hybridized carbons (Fsp3) is 0.200. The molecule has 3 aromatic rings. The van der Waals surface area contributed by atoms with Crippen LogP contribution in [0.25, 0.3) is 10.9 Å². The number of hydrogen-bond donors (Lipinski definition) is 0. The van der Waals surface area contributed by atoms with Crippen molar-refractivity contribution >= 4 is 26.8 Å². The summed E-state index contributed by atoms with van der Waals surface area (Å²) in [6.45, 7) is 3.40. The minimum absolute atomic E-state index is 0.687. The lowest BCUT2D eigenvalue weighted by atomic mass is 10.2. The van der Waals surface area contributed by atoms with Gasteiger partial charge in [-0.05, 0) is 59.3 Å². The third-order valence-corrected chi connectivity index (χ3v) is 3.43. The number of rotatable bonds is 4. The topological polar surface area (TPSA) is 27.3 Å². The summed E-state index contributed by atoms with van der Waals surface area (Å²) in [6, 6.07) is 12.1. The largest absolute Gasteiger partial charge is 0.494 e. The lowest BCUT2D eigenvalue weighted by Gasteiger charge is -2.05. The van der Waals surface area contributed by atoms with Gasteiger partial charge >= 0.3 is 0 Å². The Labute approximate surface area is 119 Å². The maximum Gasteiger partial charge on any atom is 0.169 e. The van der Waals surface area contributed by atoms with Crippen LogP contribution in [0.4, 0.5) is 0 Å². The van der Waals surface area contributed by atoms with E-state index in [9.17, 15) is 0 Å². The quantitative estimate of drug-likeness (QED) is 0.710. The molecule has 0 aliphatic carbocycles. The van der Waals surface area contributed by atoms with E-state index in [1.165, 1.54) is 10.9 Å². The van der Waals surface area contributed by atoms with Crippen molar-refractivity contribution in [3.8, 4) is 5.75 Å². The number of aromatic nitrogens is 1. The van der Waals surface area contributed by atoms with Crippen LogP contribution in [0.5, 0.6) is 5.75 Å². The van der Waals surface area contributed by atoms with Crippen LogP contribution in [0, 0.1) is 0 Å². The van der Waals surface area contributed by atoms with Crippen LogP contribution in [-0.4, -0.2) is 11.2 Å². The zero-order valence-electron chi connectivity index (χ0n) is 10.6. The van der Waals surface area contributed by atoms with Gasteiger partial charge in [0.1, 0.15) is 11.5 Å². The summed E-state index contributed by atoms with van der Waals surface area (Å²) in [6.07, 6.45) is 2.07. The molecule has 2 aromatic heterocycles. The lowest BCUT2D eigenvalue weighted by molar-refractivity contribution is 0.340. The number of benzene rings is 1. The van der Waals surface area contributed by atoms with Crippen LogP contribution in [0.3, 0.4) is 0 Å². The zero-order valence-corrected chi connectivity index (χ0v) is 12.2. The van der Waals surface area contributed by atoms with Crippen molar-refractivity contribution in [3.63, 3.8) is 0 Å². The summed E-state index contributed by atoms with van der Waals surface area (Å²) in [5.41, 5.74) is 1.18. The molecule has 2 heterocycles. The predicted molar refractivity (Wildman–Crippen MR) is 78.6 cm³/mol. The molecular weight excluding hydrogens is 306 g/mol. The average Bonchev–Trinajstić information content (AvgIpc) is 2.97. The molecule has 0 unspecified atom stereocenters. The highest BCUT2D eigenvalue weighted by Gasteiger charge is 2.05. The molecule has 0 fully saturated rings. The minimum atomic E-state index is 0.687. The van der Waals surface area contributed by atoms with Gasteiger partial charge in [0.15, 0.2) is 4.67 Å². The standard InChI is InChI=1S/C15H14BrNO2/c1-2-18-12-3-5-14-11(9-12)7-8-17(14)10-13-4-6-15(16)19-13/h3-9H,2,10H2,1H3. The molecule has 0 amide bonds. The summed E-state index contributed by atoms with van der Waals surface area (Å²) in [5.74, 6) is 1.84. The number of halogens is 1. The van der Waals surface area contributed by atoms with Gasteiger partial charge in [0.05, 0.1) is 13.2 Å². The maximum atomic E-state index is 5.54. The van der Waals surface area contributed by atoms with Gasteiger partial charge in [-0.3, -0.25) is 0 Å². The molecular formula is C15H14BrNO2. The fourth-order valence-electron chi connectivity index (χ4n) is 2.18. The Kier molecular flexibility index (Phi) is 3.34. The molecule has 3 nitrogen and oxygen atoms in total. The Morgan fingerprint density at radius 1 is 1.21 bits per heavy atom. The van der Waals surface area contributed by atoms with Crippen molar-refractivity contribution < 1.29 is 9.15 Å². The molecule has 0 radical (unpaired) electrons. The highest BCUT2D eigenvalue weighted by molar-refractivity contribution is 9.10. The molecule has 0 saturated heterocycles. The van der Waals surface area contributed by atoms with Crippen molar-refractivity contribution in [2.45, 2.75) is 13.5 Å². The van der Waals surface area contributed by atoms with E-state index in [0.717, 1.165) is 22.7 Å². The Bertz CT molecular complexity index is 699. The van der Waals surface area contributed by atoms with Crippen molar-refractivity contribution in [1.82, 2.24) is 4.57 Å². The molecule has 3 rings (SSSR count). The third-order valence-electron chi connectivity index (χ3n) is 3.01. The second-order valence-corrected chi connectivity index (χ2v) is 5.08. The number of nitrogens with zero attached hydrogens (tertiary/aromatic N) is 1. The van der Waals surface area contributed by atoms with Gasteiger partial charge in [0, 0.05) is 17.1 Å². The molecule has 0 atom stereocenters. The highest BCUT2D eigenvalue weighted by Crippen LogP contribution is 2.23. The molecule has 0 aliphatic rings. The van der Waals surface area contributed by atoms with Crippen LogP contribution < -0.4 is 4.74 Å². The highest BCUT2D eigenvalue weighted by atomic mass is 79.9. The summed E-state index contributed by atoms with van der Waals surface area (Å²) in [4.78, 5) is 0. The summed E-state index contributed by atoms with van der Waals surface area (Å²) in [5, 5.41) is 1.18. The van der Waals surface area contributed by atoms with Crippen molar-refractivity contribution in [2.24, 2.45) is 0 Å². The lowest BCUT2D eigenvalue weighted by Crippen LogP contribution is -1.96. The van der Waals surface area contributed by atoms with Crippen LogP contribution in [0.15, 0.2) is 51.7 Å². The van der Waals surface area contributed by atoms with Gasteiger partial charge < -0.3 is 13.7 Å².